The van der Waals surface area contributed by atoms with Gasteiger partial charge in [0.2, 0.25) is 5.91 Å². The summed E-state index contributed by atoms with van der Waals surface area (Å²) in [6.07, 6.45) is 3.75. The molecule has 166 valence electrons. The SMILES string of the molecule is COc1ccc(/C=C/C(=O)N(Cc2ccc(C(C)(C)C)cc2)[C@H]2CCS(=O)(=O)C2)cc1. The van der Waals surface area contributed by atoms with Gasteiger partial charge < -0.3 is 9.64 Å². The minimum atomic E-state index is -3.10. The van der Waals surface area contributed by atoms with Crippen molar-refractivity contribution < 1.29 is 17.9 Å². The Balaban J connectivity index is 1.80. The van der Waals surface area contributed by atoms with Gasteiger partial charge in [-0.05, 0) is 46.7 Å². The zero-order chi connectivity index (χ0) is 22.6. The molecule has 2 aromatic rings. The molecule has 0 spiro atoms. The van der Waals surface area contributed by atoms with Gasteiger partial charge in [0.25, 0.3) is 0 Å². The van der Waals surface area contributed by atoms with E-state index in [1.165, 1.54) is 11.6 Å². The van der Waals surface area contributed by atoms with E-state index in [1.807, 2.05) is 36.4 Å². The molecule has 0 radical (unpaired) electrons. The van der Waals surface area contributed by atoms with Gasteiger partial charge in [-0.15, -0.1) is 0 Å². The quantitative estimate of drug-likeness (QED) is 0.630. The third kappa shape index (κ3) is 6.20. The number of hydrogen-bond acceptors (Lipinski definition) is 4. The first-order valence-corrected chi connectivity index (χ1v) is 12.3. The Hall–Kier alpha value is -2.60. The molecule has 0 unspecified atom stereocenters. The second kappa shape index (κ2) is 9.27. The van der Waals surface area contributed by atoms with Crippen LogP contribution in [-0.4, -0.2) is 43.9 Å². The van der Waals surface area contributed by atoms with Crippen LogP contribution in [0.1, 0.15) is 43.9 Å². The topological polar surface area (TPSA) is 63.7 Å². The second-order valence-corrected chi connectivity index (χ2v) is 11.3. The van der Waals surface area contributed by atoms with E-state index < -0.39 is 9.84 Å². The molecule has 1 heterocycles. The average molecular weight is 442 g/mol. The normalized spacial score (nSPS) is 18.3. The number of benzene rings is 2. The highest BCUT2D eigenvalue weighted by Gasteiger charge is 2.34. The molecule has 1 fully saturated rings. The van der Waals surface area contributed by atoms with E-state index in [-0.39, 0.29) is 28.9 Å². The smallest absolute Gasteiger partial charge is 0.247 e. The predicted molar refractivity (Wildman–Crippen MR) is 125 cm³/mol. The van der Waals surface area contributed by atoms with E-state index in [2.05, 4.69) is 32.9 Å². The lowest BCUT2D eigenvalue weighted by Gasteiger charge is -2.28. The van der Waals surface area contributed by atoms with E-state index in [4.69, 9.17) is 4.74 Å². The molecule has 0 saturated carbocycles. The lowest BCUT2D eigenvalue weighted by atomic mass is 9.86. The molecule has 5 nitrogen and oxygen atoms in total. The zero-order valence-electron chi connectivity index (χ0n) is 18.7. The lowest BCUT2D eigenvalue weighted by molar-refractivity contribution is -0.128. The Bertz CT molecular complexity index is 1030. The van der Waals surface area contributed by atoms with E-state index in [0.717, 1.165) is 16.9 Å². The van der Waals surface area contributed by atoms with Crippen molar-refractivity contribution in [3.8, 4) is 5.75 Å². The standard InChI is InChI=1S/C25H31NO4S/c1-25(2,3)21-10-5-20(6-11-21)17-26(22-15-16-31(28,29)18-22)24(27)14-9-19-7-12-23(30-4)13-8-19/h5-14,22H,15-18H2,1-4H3/b14-9+/t22-/m0/s1. The Morgan fingerprint density at radius 3 is 2.26 bits per heavy atom. The summed E-state index contributed by atoms with van der Waals surface area (Å²) in [6, 6.07) is 15.3. The number of ether oxygens (including phenoxy) is 1. The molecule has 6 heteroatoms. The lowest BCUT2D eigenvalue weighted by Crippen LogP contribution is -2.39. The van der Waals surface area contributed by atoms with E-state index in [1.54, 1.807) is 18.1 Å². The minimum absolute atomic E-state index is 0.0230. The Kier molecular flexibility index (Phi) is 6.90. The third-order valence-electron chi connectivity index (χ3n) is 5.64. The van der Waals surface area contributed by atoms with Gasteiger partial charge >= 0.3 is 0 Å². The molecule has 1 amide bonds. The summed E-state index contributed by atoms with van der Waals surface area (Å²) < 4.78 is 29.3. The number of carbonyl (C=O) groups excluding carboxylic acids is 1. The summed E-state index contributed by atoms with van der Waals surface area (Å²) in [4.78, 5) is 14.8. The Morgan fingerprint density at radius 2 is 1.74 bits per heavy atom. The summed E-state index contributed by atoms with van der Waals surface area (Å²) in [5, 5.41) is 0. The molecule has 0 bridgehead atoms. The van der Waals surface area contributed by atoms with Crippen LogP contribution in [0.25, 0.3) is 6.08 Å². The average Bonchev–Trinajstić information content (AvgIpc) is 3.09. The first kappa shape index (κ1) is 23.1. The van der Waals surface area contributed by atoms with Crippen LogP contribution in [0.3, 0.4) is 0 Å². The van der Waals surface area contributed by atoms with Crippen LogP contribution >= 0.6 is 0 Å². The zero-order valence-corrected chi connectivity index (χ0v) is 19.5. The summed E-state index contributed by atoms with van der Waals surface area (Å²) in [5.41, 5.74) is 3.14. The molecule has 1 aliphatic rings. The number of hydrogen-bond donors (Lipinski definition) is 0. The molecule has 31 heavy (non-hydrogen) atoms. The number of nitrogens with zero attached hydrogens (tertiary/aromatic N) is 1. The van der Waals surface area contributed by atoms with Crippen molar-refractivity contribution in [1.82, 2.24) is 4.90 Å². The van der Waals surface area contributed by atoms with Crippen molar-refractivity contribution in [2.24, 2.45) is 0 Å². The predicted octanol–water partition coefficient (Wildman–Crippen LogP) is 4.22. The van der Waals surface area contributed by atoms with Gasteiger partial charge in [-0.25, -0.2) is 8.42 Å². The molecular formula is C25H31NO4S. The van der Waals surface area contributed by atoms with Crippen LogP contribution in [-0.2, 0) is 26.6 Å². The van der Waals surface area contributed by atoms with Gasteiger partial charge in [-0.3, -0.25) is 4.79 Å². The molecule has 0 N–H and O–H groups in total. The van der Waals surface area contributed by atoms with E-state index >= 15 is 0 Å². The van der Waals surface area contributed by atoms with E-state index in [0.29, 0.717) is 13.0 Å². The van der Waals surface area contributed by atoms with Gasteiger partial charge in [-0.1, -0.05) is 57.2 Å². The first-order valence-electron chi connectivity index (χ1n) is 10.5. The van der Waals surface area contributed by atoms with Crippen molar-refractivity contribution in [3.05, 3.63) is 71.3 Å². The fraction of sp³-hybridized carbons (Fsp3) is 0.400. The van der Waals surface area contributed by atoms with E-state index in [9.17, 15) is 13.2 Å². The number of carbonyl (C=O) groups is 1. The van der Waals surface area contributed by atoms with Crippen molar-refractivity contribution in [2.45, 2.75) is 45.2 Å². The highest BCUT2D eigenvalue weighted by molar-refractivity contribution is 7.91. The van der Waals surface area contributed by atoms with Gasteiger partial charge in [0.1, 0.15) is 5.75 Å². The Morgan fingerprint density at radius 1 is 1.10 bits per heavy atom. The van der Waals surface area contributed by atoms with Crippen molar-refractivity contribution in [1.29, 1.82) is 0 Å². The summed E-state index contributed by atoms with van der Waals surface area (Å²) >= 11 is 0. The van der Waals surface area contributed by atoms with Crippen LogP contribution in [0.15, 0.2) is 54.6 Å². The molecule has 0 aliphatic carbocycles. The van der Waals surface area contributed by atoms with Crippen LogP contribution in [0.2, 0.25) is 0 Å². The maximum absolute atomic E-state index is 13.1. The highest BCUT2D eigenvalue weighted by Crippen LogP contribution is 2.25. The van der Waals surface area contributed by atoms with Crippen molar-refractivity contribution >= 4 is 21.8 Å². The number of rotatable bonds is 6. The van der Waals surface area contributed by atoms with Gasteiger partial charge in [0.05, 0.1) is 18.6 Å². The maximum atomic E-state index is 13.1. The molecule has 0 aromatic heterocycles. The molecule has 3 rings (SSSR count). The summed E-state index contributed by atoms with van der Waals surface area (Å²) in [5.74, 6) is 0.722. The van der Waals surface area contributed by atoms with Crippen LogP contribution in [0.5, 0.6) is 5.75 Å². The van der Waals surface area contributed by atoms with Gasteiger partial charge in [0, 0.05) is 18.7 Å². The Labute approximate surface area is 185 Å². The van der Waals surface area contributed by atoms with Crippen molar-refractivity contribution in [2.75, 3.05) is 18.6 Å². The van der Waals surface area contributed by atoms with Crippen LogP contribution < -0.4 is 4.74 Å². The van der Waals surface area contributed by atoms with Crippen LogP contribution in [0.4, 0.5) is 0 Å². The highest BCUT2D eigenvalue weighted by atomic mass is 32.2. The third-order valence-corrected chi connectivity index (χ3v) is 7.39. The second-order valence-electron chi connectivity index (χ2n) is 9.08. The monoisotopic (exact) mass is 441 g/mol. The van der Waals surface area contributed by atoms with Gasteiger partial charge in [0.15, 0.2) is 9.84 Å². The largest absolute Gasteiger partial charge is 0.497 e. The molecule has 1 atom stereocenters. The summed E-state index contributed by atoms with van der Waals surface area (Å²) in [7, 11) is -1.49. The first-order chi connectivity index (χ1) is 14.6. The molecule has 2 aromatic carbocycles. The fourth-order valence-electron chi connectivity index (χ4n) is 3.69. The molecule has 1 saturated heterocycles. The van der Waals surface area contributed by atoms with Gasteiger partial charge in [-0.2, -0.15) is 0 Å². The number of amides is 1. The maximum Gasteiger partial charge on any atom is 0.247 e. The summed E-state index contributed by atoms with van der Waals surface area (Å²) in [6.45, 7) is 6.86. The number of methoxy groups -OCH3 is 1. The molecule has 1 aliphatic heterocycles. The number of sulfone groups is 1. The van der Waals surface area contributed by atoms with Crippen LogP contribution in [0, 0.1) is 0 Å². The molecular weight excluding hydrogens is 410 g/mol. The minimum Gasteiger partial charge on any atom is -0.497 e. The van der Waals surface area contributed by atoms with Crippen molar-refractivity contribution in [3.63, 3.8) is 0 Å². The fourth-order valence-corrected chi connectivity index (χ4v) is 5.42.